The first-order chi connectivity index (χ1) is 11.3. The molecule has 0 aromatic heterocycles. The molecule has 24 heavy (non-hydrogen) atoms. The standard InChI is InChI=1S/C19H20N2O3/c1-11-6-4-5-7-14(11)20-17(23)13-8-12-15(21-18(13)24)9-19(2,3)10-16(12)22/h4-8,12H,9-10H2,1-3H3,(H,20,23). The maximum atomic E-state index is 12.5. The van der Waals surface area contributed by atoms with Crippen molar-refractivity contribution in [1.29, 1.82) is 0 Å². The van der Waals surface area contributed by atoms with Crippen LogP contribution in [0.5, 0.6) is 0 Å². The van der Waals surface area contributed by atoms with Crippen molar-refractivity contribution in [2.24, 2.45) is 16.3 Å². The zero-order valence-electron chi connectivity index (χ0n) is 14.1. The maximum Gasteiger partial charge on any atom is 0.282 e. The largest absolute Gasteiger partial charge is 0.322 e. The van der Waals surface area contributed by atoms with Crippen LogP contribution in [0, 0.1) is 18.3 Å². The van der Waals surface area contributed by atoms with Gasteiger partial charge in [0.2, 0.25) is 0 Å². The summed E-state index contributed by atoms with van der Waals surface area (Å²) in [5.41, 5.74) is 1.87. The number of benzene rings is 1. The van der Waals surface area contributed by atoms with Gasteiger partial charge in [-0.05, 0) is 36.5 Å². The summed E-state index contributed by atoms with van der Waals surface area (Å²) in [6, 6.07) is 7.32. The number of anilines is 1. The molecule has 0 spiro atoms. The van der Waals surface area contributed by atoms with Gasteiger partial charge in [-0.15, -0.1) is 0 Å². The summed E-state index contributed by atoms with van der Waals surface area (Å²) < 4.78 is 0. The molecule has 3 rings (SSSR count). The van der Waals surface area contributed by atoms with E-state index in [2.05, 4.69) is 10.3 Å². The first kappa shape index (κ1) is 16.3. The first-order valence-corrected chi connectivity index (χ1v) is 8.00. The molecule has 1 aromatic carbocycles. The number of fused-ring (bicyclic) bond motifs is 1. The minimum Gasteiger partial charge on any atom is -0.322 e. The molecule has 1 aromatic rings. The zero-order chi connectivity index (χ0) is 17.5. The van der Waals surface area contributed by atoms with Crippen LogP contribution in [0.4, 0.5) is 5.69 Å². The number of hydrogen-bond acceptors (Lipinski definition) is 3. The van der Waals surface area contributed by atoms with Crippen molar-refractivity contribution in [3.05, 3.63) is 41.5 Å². The minimum absolute atomic E-state index is 0.0127. The van der Waals surface area contributed by atoms with Gasteiger partial charge in [0.15, 0.2) is 0 Å². The van der Waals surface area contributed by atoms with Crippen LogP contribution in [-0.2, 0) is 14.4 Å². The Labute approximate surface area is 140 Å². The summed E-state index contributed by atoms with van der Waals surface area (Å²) in [5, 5.41) is 2.73. The van der Waals surface area contributed by atoms with E-state index in [4.69, 9.17) is 0 Å². The lowest BCUT2D eigenvalue weighted by Crippen LogP contribution is -2.40. The van der Waals surface area contributed by atoms with Crippen LogP contribution in [0.15, 0.2) is 40.9 Å². The van der Waals surface area contributed by atoms with Crippen molar-refractivity contribution in [2.75, 3.05) is 5.32 Å². The summed E-state index contributed by atoms with van der Waals surface area (Å²) in [5.74, 6) is -1.63. The molecular formula is C19H20N2O3. The number of dihydropyridines is 1. The van der Waals surface area contributed by atoms with Gasteiger partial charge < -0.3 is 5.32 Å². The molecule has 1 aliphatic heterocycles. The molecule has 1 atom stereocenters. The average Bonchev–Trinajstić information content (AvgIpc) is 2.47. The number of nitrogens with zero attached hydrogens (tertiary/aromatic N) is 1. The molecule has 2 amide bonds. The van der Waals surface area contributed by atoms with Crippen molar-refractivity contribution in [1.82, 2.24) is 0 Å². The van der Waals surface area contributed by atoms with Gasteiger partial charge in [-0.3, -0.25) is 14.4 Å². The van der Waals surface area contributed by atoms with Crippen molar-refractivity contribution < 1.29 is 14.4 Å². The van der Waals surface area contributed by atoms with E-state index in [-0.39, 0.29) is 16.8 Å². The molecule has 124 valence electrons. The second-order valence-corrected chi connectivity index (χ2v) is 7.22. The number of amides is 2. The molecule has 1 N–H and O–H groups in total. The van der Waals surface area contributed by atoms with Crippen molar-refractivity contribution >= 4 is 29.0 Å². The number of nitrogens with one attached hydrogen (secondary N) is 1. The molecule has 5 heteroatoms. The highest BCUT2D eigenvalue weighted by atomic mass is 16.2. The molecule has 1 saturated carbocycles. The van der Waals surface area contributed by atoms with E-state index in [1.807, 2.05) is 39.0 Å². The Morgan fingerprint density at radius 2 is 1.92 bits per heavy atom. The van der Waals surface area contributed by atoms with E-state index in [1.54, 1.807) is 6.07 Å². The number of Topliss-reactive ketones (excluding diaryl/α,β-unsaturated/α-hetero) is 1. The molecule has 0 bridgehead atoms. The van der Waals surface area contributed by atoms with Crippen LogP contribution in [0.3, 0.4) is 0 Å². The molecule has 1 heterocycles. The number of carbonyl (C=O) groups excluding carboxylic acids is 3. The molecule has 0 radical (unpaired) electrons. The number of carbonyl (C=O) groups is 3. The molecule has 1 fully saturated rings. The molecule has 0 saturated heterocycles. The van der Waals surface area contributed by atoms with Crippen molar-refractivity contribution in [2.45, 2.75) is 33.6 Å². The average molecular weight is 324 g/mol. The second-order valence-electron chi connectivity index (χ2n) is 7.22. The zero-order valence-corrected chi connectivity index (χ0v) is 14.1. The predicted molar refractivity (Wildman–Crippen MR) is 91.8 cm³/mol. The first-order valence-electron chi connectivity index (χ1n) is 8.00. The third kappa shape index (κ3) is 3.07. The highest BCUT2D eigenvalue weighted by Gasteiger charge is 2.40. The van der Waals surface area contributed by atoms with Gasteiger partial charge in [-0.2, -0.15) is 0 Å². The Morgan fingerprint density at radius 1 is 1.21 bits per heavy atom. The van der Waals surface area contributed by atoms with Gasteiger partial charge in [0.25, 0.3) is 11.8 Å². The van der Waals surface area contributed by atoms with Gasteiger partial charge in [0, 0.05) is 17.8 Å². The summed E-state index contributed by atoms with van der Waals surface area (Å²) in [4.78, 5) is 41.1. The fourth-order valence-electron chi connectivity index (χ4n) is 3.23. The van der Waals surface area contributed by atoms with Gasteiger partial charge in [-0.25, -0.2) is 4.99 Å². The lowest BCUT2D eigenvalue weighted by molar-refractivity contribution is -0.122. The normalized spacial score (nSPS) is 22.4. The van der Waals surface area contributed by atoms with Crippen LogP contribution < -0.4 is 5.32 Å². The Hall–Kier alpha value is -2.56. The topological polar surface area (TPSA) is 75.6 Å². The third-order valence-corrected chi connectivity index (χ3v) is 4.47. The van der Waals surface area contributed by atoms with Crippen molar-refractivity contribution in [3.8, 4) is 0 Å². The summed E-state index contributed by atoms with van der Waals surface area (Å²) >= 11 is 0. The van der Waals surface area contributed by atoms with E-state index >= 15 is 0 Å². The third-order valence-electron chi connectivity index (χ3n) is 4.47. The number of aliphatic imine (C=N–C) groups is 1. The Balaban J connectivity index is 1.85. The molecule has 1 unspecified atom stereocenters. The van der Waals surface area contributed by atoms with Gasteiger partial charge in [-0.1, -0.05) is 32.0 Å². The fourth-order valence-corrected chi connectivity index (χ4v) is 3.23. The number of hydrogen-bond donors (Lipinski definition) is 1. The number of para-hydroxylation sites is 1. The predicted octanol–water partition coefficient (Wildman–Crippen LogP) is 2.85. The monoisotopic (exact) mass is 324 g/mol. The summed E-state index contributed by atoms with van der Waals surface area (Å²) in [7, 11) is 0. The molecule has 5 nitrogen and oxygen atoms in total. The molecular weight excluding hydrogens is 304 g/mol. The minimum atomic E-state index is -0.571. The van der Waals surface area contributed by atoms with Gasteiger partial charge >= 0.3 is 0 Å². The fraction of sp³-hybridized carbons (Fsp3) is 0.368. The lowest BCUT2D eigenvalue weighted by atomic mass is 9.70. The quantitative estimate of drug-likeness (QED) is 0.850. The highest BCUT2D eigenvalue weighted by Crippen LogP contribution is 2.37. The number of aryl methyl sites for hydroxylation is 1. The highest BCUT2D eigenvalue weighted by molar-refractivity contribution is 6.29. The van der Waals surface area contributed by atoms with Gasteiger partial charge in [0.1, 0.15) is 11.4 Å². The van der Waals surface area contributed by atoms with E-state index in [9.17, 15) is 14.4 Å². The second kappa shape index (κ2) is 5.82. The summed E-state index contributed by atoms with van der Waals surface area (Å²) in [6.45, 7) is 5.84. The smallest absolute Gasteiger partial charge is 0.282 e. The van der Waals surface area contributed by atoms with E-state index < -0.39 is 17.7 Å². The summed E-state index contributed by atoms with van der Waals surface area (Å²) in [6.07, 6.45) is 2.50. The van der Waals surface area contributed by atoms with E-state index in [1.165, 1.54) is 6.08 Å². The van der Waals surface area contributed by atoms with Crippen LogP contribution in [0.1, 0.15) is 32.3 Å². The van der Waals surface area contributed by atoms with Crippen LogP contribution in [-0.4, -0.2) is 23.3 Å². The van der Waals surface area contributed by atoms with Crippen molar-refractivity contribution in [3.63, 3.8) is 0 Å². The number of rotatable bonds is 2. The number of ketones is 1. The van der Waals surface area contributed by atoms with E-state index in [0.717, 1.165) is 5.56 Å². The lowest BCUT2D eigenvalue weighted by Gasteiger charge is -2.34. The number of allylic oxidation sites excluding steroid dienone is 1. The van der Waals surface area contributed by atoms with Crippen LogP contribution in [0.25, 0.3) is 0 Å². The van der Waals surface area contributed by atoms with Crippen LogP contribution >= 0.6 is 0 Å². The molecule has 1 aliphatic carbocycles. The SMILES string of the molecule is Cc1ccccc1NC(=O)C1=CC2C(=O)CC(C)(C)CC2=NC1=O. The Kier molecular flexibility index (Phi) is 3.95. The van der Waals surface area contributed by atoms with E-state index in [0.29, 0.717) is 24.2 Å². The Morgan fingerprint density at radius 3 is 2.62 bits per heavy atom. The van der Waals surface area contributed by atoms with Crippen LogP contribution in [0.2, 0.25) is 0 Å². The maximum absolute atomic E-state index is 12.5. The Bertz CT molecular complexity index is 803. The molecule has 2 aliphatic rings. The van der Waals surface area contributed by atoms with Gasteiger partial charge in [0.05, 0.1) is 5.92 Å².